The van der Waals surface area contributed by atoms with Crippen LogP contribution in [0, 0.1) is 5.92 Å². The van der Waals surface area contributed by atoms with Gasteiger partial charge in [0.1, 0.15) is 5.75 Å². The van der Waals surface area contributed by atoms with Crippen molar-refractivity contribution in [1.82, 2.24) is 10.2 Å². The Labute approximate surface area is 139 Å². The molecular formula is C16H21N3O5. The molecule has 0 spiro atoms. The van der Waals surface area contributed by atoms with E-state index in [0.717, 1.165) is 0 Å². The fraction of sp³-hybridized carbons (Fsp3) is 0.438. The largest absolute Gasteiger partial charge is 0.492 e. The Bertz CT molecular complexity index is 619. The smallest absolute Gasteiger partial charge is 0.319 e. The molecule has 1 aromatic carbocycles. The predicted molar refractivity (Wildman–Crippen MR) is 87.0 cm³/mol. The monoisotopic (exact) mass is 335 g/mol. The molecule has 1 saturated heterocycles. The summed E-state index contributed by atoms with van der Waals surface area (Å²) >= 11 is 0. The quantitative estimate of drug-likeness (QED) is 0.692. The van der Waals surface area contributed by atoms with E-state index in [9.17, 15) is 14.4 Å². The maximum atomic E-state index is 11.9. The number of para-hydroxylation sites is 2. The molecule has 1 atom stereocenters. The van der Waals surface area contributed by atoms with Crippen LogP contribution in [0.2, 0.25) is 0 Å². The van der Waals surface area contributed by atoms with Crippen LogP contribution in [-0.2, 0) is 9.59 Å². The Morgan fingerprint density at radius 3 is 2.79 bits per heavy atom. The van der Waals surface area contributed by atoms with Gasteiger partial charge in [-0.2, -0.15) is 0 Å². The highest BCUT2D eigenvalue weighted by atomic mass is 16.5. The summed E-state index contributed by atoms with van der Waals surface area (Å²) < 4.78 is 5.42. The number of amides is 3. The molecule has 0 radical (unpaired) electrons. The Kier molecular flexibility index (Phi) is 6.00. The van der Waals surface area contributed by atoms with Gasteiger partial charge in [-0.05, 0) is 19.1 Å². The van der Waals surface area contributed by atoms with Gasteiger partial charge in [0.15, 0.2) is 0 Å². The standard InChI is InChI=1S/C16H21N3O5/c1-2-24-13-6-4-3-5-12(13)18-16(23)17-7-8-19-10-11(15(21)22)9-14(19)20/h3-6,11H,2,7-10H2,1H3,(H,21,22)(H2,17,18,23). The van der Waals surface area contributed by atoms with E-state index in [4.69, 9.17) is 9.84 Å². The number of anilines is 1. The Balaban J connectivity index is 1.78. The van der Waals surface area contributed by atoms with E-state index in [-0.39, 0.29) is 32.0 Å². The normalized spacial score (nSPS) is 16.8. The maximum Gasteiger partial charge on any atom is 0.319 e. The molecule has 8 heteroatoms. The minimum atomic E-state index is -0.968. The van der Waals surface area contributed by atoms with Gasteiger partial charge in [-0.1, -0.05) is 12.1 Å². The van der Waals surface area contributed by atoms with Crippen molar-refractivity contribution in [3.8, 4) is 5.75 Å². The van der Waals surface area contributed by atoms with Crippen LogP contribution in [0.25, 0.3) is 0 Å². The van der Waals surface area contributed by atoms with Gasteiger partial charge in [0.2, 0.25) is 5.91 Å². The van der Waals surface area contributed by atoms with Crippen LogP contribution in [0.3, 0.4) is 0 Å². The number of urea groups is 1. The highest BCUT2D eigenvalue weighted by Gasteiger charge is 2.33. The summed E-state index contributed by atoms with van der Waals surface area (Å²) in [5.74, 6) is -1.26. The third kappa shape index (κ3) is 4.61. The van der Waals surface area contributed by atoms with E-state index >= 15 is 0 Å². The molecule has 130 valence electrons. The molecule has 8 nitrogen and oxygen atoms in total. The number of carbonyl (C=O) groups is 3. The molecule has 3 amide bonds. The van der Waals surface area contributed by atoms with Crippen molar-refractivity contribution in [3.63, 3.8) is 0 Å². The van der Waals surface area contributed by atoms with Gasteiger partial charge < -0.3 is 25.4 Å². The van der Waals surface area contributed by atoms with E-state index in [1.54, 1.807) is 18.2 Å². The number of rotatable bonds is 7. The minimum absolute atomic E-state index is 0.0171. The molecule has 1 unspecified atom stereocenters. The first-order valence-electron chi connectivity index (χ1n) is 7.78. The number of benzene rings is 1. The number of nitrogens with one attached hydrogen (secondary N) is 2. The van der Waals surface area contributed by atoms with E-state index < -0.39 is 17.9 Å². The number of hydrogen-bond donors (Lipinski definition) is 3. The molecule has 1 aromatic rings. The molecule has 1 aliphatic rings. The SMILES string of the molecule is CCOc1ccccc1NC(=O)NCCN1CC(C(=O)O)CC1=O. The number of carboxylic acid groups (broad SMARTS) is 1. The predicted octanol–water partition coefficient (Wildman–Crippen LogP) is 1.14. The van der Waals surface area contributed by atoms with Gasteiger partial charge in [-0.15, -0.1) is 0 Å². The molecule has 1 fully saturated rings. The number of carbonyl (C=O) groups excluding carboxylic acids is 2. The topological polar surface area (TPSA) is 108 Å². The van der Waals surface area contributed by atoms with Crippen molar-refractivity contribution in [2.75, 3.05) is 31.6 Å². The zero-order chi connectivity index (χ0) is 17.5. The molecule has 2 rings (SSSR count). The lowest BCUT2D eigenvalue weighted by molar-refractivity contribution is -0.141. The van der Waals surface area contributed by atoms with Crippen molar-refractivity contribution >= 4 is 23.6 Å². The summed E-state index contributed by atoms with van der Waals surface area (Å²) in [4.78, 5) is 36.0. The number of carboxylic acids is 1. The third-order valence-electron chi connectivity index (χ3n) is 3.67. The van der Waals surface area contributed by atoms with E-state index in [1.807, 2.05) is 13.0 Å². The van der Waals surface area contributed by atoms with E-state index in [0.29, 0.717) is 18.0 Å². The number of aliphatic carboxylic acids is 1. The van der Waals surface area contributed by atoms with Crippen molar-refractivity contribution in [3.05, 3.63) is 24.3 Å². The van der Waals surface area contributed by atoms with Gasteiger partial charge in [0.25, 0.3) is 0 Å². The first kappa shape index (κ1) is 17.6. The van der Waals surface area contributed by atoms with Crippen LogP contribution < -0.4 is 15.4 Å². The maximum absolute atomic E-state index is 11.9. The van der Waals surface area contributed by atoms with Crippen LogP contribution in [-0.4, -0.2) is 54.2 Å². The Morgan fingerprint density at radius 2 is 2.12 bits per heavy atom. The highest BCUT2D eigenvalue weighted by Crippen LogP contribution is 2.23. The van der Waals surface area contributed by atoms with Crippen LogP contribution in [0.1, 0.15) is 13.3 Å². The molecular weight excluding hydrogens is 314 g/mol. The summed E-state index contributed by atoms with van der Waals surface area (Å²) in [7, 11) is 0. The molecule has 0 saturated carbocycles. The van der Waals surface area contributed by atoms with Gasteiger partial charge in [-0.3, -0.25) is 9.59 Å². The average molecular weight is 335 g/mol. The number of likely N-dealkylation sites (tertiary alicyclic amines) is 1. The fourth-order valence-electron chi connectivity index (χ4n) is 2.48. The molecule has 3 N–H and O–H groups in total. The molecule has 0 aromatic heterocycles. The van der Waals surface area contributed by atoms with Crippen LogP contribution >= 0.6 is 0 Å². The Hall–Kier alpha value is -2.77. The van der Waals surface area contributed by atoms with Crippen molar-refractivity contribution in [2.24, 2.45) is 5.92 Å². The lowest BCUT2D eigenvalue weighted by Gasteiger charge is -2.17. The van der Waals surface area contributed by atoms with Gasteiger partial charge in [0.05, 0.1) is 18.2 Å². The average Bonchev–Trinajstić information content (AvgIpc) is 2.91. The zero-order valence-corrected chi connectivity index (χ0v) is 13.4. The lowest BCUT2D eigenvalue weighted by atomic mass is 10.1. The third-order valence-corrected chi connectivity index (χ3v) is 3.67. The second-order valence-electron chi connectivity index (χ2n) is 5.39. The minimum Gasteiger partial charge on any atom is -0.492 e. The molecule has 1 heterocycles. The number of nitrogens with zero attached hydrogens (tertiary/aromatic N) is 1. The number of ether oxygens (including phenoxy) is 1. The second-order valence-corrected chi connectivity index (χ2v) is 5.39. The fourth-order valence-corrected chi connectivity index (χ4v) is 2.48. The van der Waals surface area contributed by atoms with Crippen molar-refractivity contribution in [1.29, 1.82) is 0 Å². The van der Waals surface area contributed by atoms with Crippen molar-refractivity contribution < 1.29 is 24.2 Å². The van der Waals surface area contributed by atoms with E-state index in [2.05, 4.69) is 10.6 Å². The molecule has 0 aliphatic carbocycles. The lowest BCUT2D eigenvalue weighted by Crippen LogP contribution is -2.38. The summed E-state index contributed by atoms with van der Waals surface area (Å²) in [5.41, 5.74) is 0.556. The number of hydrogen-bond acceptors (Lipinski definition) is 4. The van der Waals surface area contributed by atoms with Crippen LogP contribution in [0.4, 0.5) is 10.5 Å². The zero-order valence-electron chi connectivity index (χ0n) is 13.4. The molecule has 1 aliphatic heterocycles. The van der Waals surface area contributed by atoms with Gasteiger partial charge in [0, 0.05) is 26.1 Å². The van der Waals surface area contributed by atoms with E-state index in [1.165, 1.54) is 4.90 Å². The molecule has 0 bridgehead atoms. The summed E-state index contributed by atoms with van der Waals surface area (Å²) in [5, 5.41) is 14.3. The first-order chi connectivity index (χ1) is 11.5. The summed E-state index contributed by atoms with van der Waals surface area (Å²) in [6.07, 6.45) is 0.0171. The summed E-state index contributed by atoms with van der Waals surface area (Å²) in [6, 6.07) is 6.67. The van der Waals surface area contributed by atoms with Crippen LogP contribution in [0.5, 0.6) is 5.75 Å². The summed E-state index contributed by atoms with van der Waals surface area (Å²) in [6.45, 7) is 3.05. The first-order valence-corrected chi connectivity index (χ1v) is 7.78. The van der Waals surface area contributed by atoms with Crippen molar-refractivity contribution in [2.45, 2.75) is 13.3 Å². The second kappa shape index (κ2) is 8.19. The molecule has 24 heavy (non-hydrogen) atoms. The van der Waals surface area contributed by atoms with Crippen LogP contribution in [0.15, 0.2) is 24.3 Å². The van der Waals surface area contributed by atoms with Gasteiger partial charge in [-0.25, -0.2) is 4.79 Å². The Morgan fingerprint density at radius 1 is 1.38 bits per heavy atom. The highest BCUT2D eigenvalue weighted by molar-refractivity contribution is 5.91. The van der Waals surface area contributed by atoms with Gasteiger partial charge >= 0.3 is 12.0 Å².